The van der Waals surface area contributed by atoms with Gasteiger partial charge >= 0.3 is 0 Å². The van der Waals surface area contributed by atoms with Crippen molar-refractivity contribution in [1.29, 1.82) is 5.26 Å². The maximum Gasteiger partial charge on any atom is 0.270 e. The lowest BCUT2D eigenvalue weighted by atomic mass is 9.72. The molecule has 0 aliphatic rings. The number of aryl methyl sites for hydroxylation is 1. The third kappa shape index (κ3) is 5.96. The van der Waals surface area contributed by atoms with Crippen molar-refractivity contribution in [2.75, 3.05) is 20.2 Å². The van der Waals surface area contributed by atoms with E-state index in [0.29, 0.717) is 31.0 Å². The normalized spacial score (nSPS) is 11.7. The van der Waals surface area contributed by atoms with Crippen molar-refractivity contribution in [2.24, 2.45) is 5.41 Å². The molecular weight excluding hydrogens is 438 g/mol. The fourth-order valence-electron chi connectivity index (χ4n) is 4.56. The molecular formula is C29H41N3O3. The van der Waals surface area contributed by atoms with E-state index >= 15 is 0 Å². The lowest BCUT2D eigenvalue weighted by Gasteiger charge is -2.35. The quantitative estimate of drug-likeness (QED) is 0.402. The van der Waals surface area contributed by atoms with Crippen LogP contribution in [-0.4, -0.2) is 41.4 Å². The lowest BCUT2D eigenvalue weighted by molar-refractivity contribution is -0.128. The highest BCUT2D eigenvalue weighted by Crippen LogP contribution is 2.41. The summed E-state index contributed by atoms with van der Waals surface area (Å²) in [6.07, 6.45) is 2.05. The van der Waals surface area contributed by atoms with Gasteiger partial charge in [-0.3, -0.25) is 9.59 Å². The van der Waals surface area contributed by atoms with Gasteiger partial charge in [0.2, 0.25) is 0 Å². The summed E-state index contributed by atoms with van der Waals surface area (Å²) in [5.41, 5.74) is 3.20. The minimum Gasteiger partial charge on any atom is -0.486 e. The van der Waals surface area contributed by atoms with Crippen LogP contribution in [0.5, 0.6) is 5.75 Å². The standard InChI is InChI=1S/C29H41N3O3/c1-9-29(10-2,22-13-15-24(21(4)19-22)35-20-26(33)28(5,6)7)25-16-14-23(32(25)11-3)27(34)31(8)18-12-17-30/h13-16,19H,9-12,18,20H2,1-8H3. The number of hydrogen-bond donors (Lipinski definition) is 0. The number of carbonyl (C=O) groups excluding carboxylic acids is 2. The third-order valence-corrected chi connectivity index (χ3v) is 7.04. The van der Waals surface area contributed by atoms with Gasteiger partial charge in [0.1, 0.15) is 18.1 Å². The van der Waals surface area contributed by atoms with E-state index in [9.17, 15) is 9.59 Å². The van der Waals surface area contributed by atoms with Gasteiger partial charge in [0.05, 0.1) is 12.5 Å². The summed E-state index contributed by atoms with van der Waals surface area (Å²) in [4.78, 5) is 27.1. The first-order chi connectivity index (χ1) is 16.5. The molecule has 2 rings (SSSR count). The second-order valence-corrected chi connectivity index (χ2v) is 10.2. The number of nitriles is 1. The Morgan fingerprint density at radius 2 is 1.74 bits per heavy atom. The highest BCUT2D eigenvalue weighted by atomic mass is 16.5. The fraction of sp³-hybridized carbons (Fsp3) is 0.552. The van der Waals surface area contributed by atoms with Gasteiger partial charge in [-0.25, -0.2) is 0 Å². The van der Waals surface area contributed by atoms with E-state index in [1.807, 2.05) is 39.8 Å². The van der Waals surface area contributed by atoms with Gasteiger partial charge in [-0.15, -0.1) is 0 Å². The van der Waals surface area contributed by atoms with Crippen LogP contribution in [0.25, 0.3) is 0 Å². The van der Waals surface area contributed by atoms with Crippen LogP contribution in [0.4, 0.5) is 0 Å². The molecule has 190 valence electrons. The molecule has 0 fully saturated rings. The van der Waals surface area contributed by atoms with E-state index in [1.54, 1.807) is 11.9 Å². The molecule has 1 heterocycles. The fourth-order valence-corrected chi connectivity index (χ4v) is 4.56. The van der Waals surface area contributed by atoms with Crippen molar-refractivity contribution in [1.82, 2.24) is 9.47 Å². The maximum absolute atomic E-state index is 13.1. The molecule has 0 spiro atoms. The predicted octanol–water partition coefficient (Wildman–Crippen LogP) is 5.90. The Hall–Kier alpha value is -3.07. The summed E-state index contributed by atoms with van der Waals surface area (Å²) in [5.74, 6) is 0.710. The zero-order valence-electron chi connectivity index (χ0n) is 22.7. The zero-order valence-corrected chi connectivity index (χ0v) is 22.7. The molecule has 0 N–H and O–H groups in total. The summed E-state index contributed by atoms with van der Waals surface area (Å²) >= 11 is 0. The summed E-state index contributed by atoms with van der Waals surface area (Å²) < 4.78 is 7.99. The number of ketones is 1. The van der Waals surface area contributed by atoms with E-state index < -0.39 is 5.41 Å². The Kier molecular flexibility index (Phi) is 9.31. The molecule has 0 bridgehead atoms. The molecule has 2 aromatic rings. The highest BCUT2D eigenvalue weighted by Gasteiger charge is 2.35. The van der Waals surface area contributed by atoms with Crippen molar-refractivity contribution in [2.45, 2.75) is 79.7 Å². The van der Waals surface area contributed by atoms with Gasteiger partial charge in [0.25, 0.3) is 5.91 Å². The van der Waals surface area contributed by atoms with Crippen LogP contribution < -0.4 is 4.74 Å². The number of carbonyl (C=O) groups is 2. The van der Waals surface area contributed by atoms with Gasteiger partial charge in [0, 0.05) is 36.7 Å². The van der Waals surface area contributed by atoms with Gasteiger partial charge in [-0.2, -0.15) is 5.26 Å². The maximum atomic E-state index is 13.1. The predicted molar refractivity (Wildman–Crippen MR) is 140 cm³/mol. The van der Waals surface area contributed by atoms with Crippen LogP contribution in [0.15, 0.2) is 30.3 Å². The Balaban J connectivity index is 2.45. The van der Waals surface area contributed by atoms with E-state index in [1.165, 1.54) is 5.56 Å². The van der Waals surface area contributed by atoms with Crippen LogP contribution in [0.3, 0.4) is 0 Å². The van der Waals surface area contributed by atoms with E-state index in [0.717, 1.165) is 24.1 Å². The largest absolute Gasteiger partial charge is 0.486 e. The molecule has 1 amide bonds. The first kappa shape index (κ1) is 28.2. The zero-order chi connectivity index (χ0) is 26.4. The summed E-state index contributed by atoms with van der Waals surface area (Å²) in [6.45, 7) is 15.3. The number of rotatable bonds is 11. The van der Waals surface area contributed by atoms with Gasteiger partial charge in [-0.05, 0) is 56.0 Å². The second kappa shape index (κ2) is 11.6. The Morgan fingerprint density at radius 3 is 2.26 bits per heavy atom. The van der Waals surface area contributed by atoms with Crippen molar-refractivity contribution in [3.05, 3.63) is 52.8 Å². The van der Waals surface area contributed by atoms with Crippen LogP contribution in [0.1, 0.15) is 88.1 Å². The summed E-state index contributed by atoms with van der Waals surface area (Å²) in [6, 6.07) is 12.3. The monoisotopic (exact) mass is 479 g/mol. The van der Waals surface area contributed by atoms with Crippen molar-refractivity contribution < 1.29 is 14.3 Å². The van der Waals surface area contributed by atoms with E-state index in [4.69, 9.17) is 10.00 Å². The molecule has 0 atom stereocenters. The van der Waals surface area contributed by atoms with E-state index in [-0.39, 0.29) is 23.7 Å². The minimum atomic E-state index is -0.434. The molecule has 1 aromatic heterocycles. The first-order valence-electron chi connectivity index (χ1n) is 12.6. The Bertz CT molecular complexity index is 1080. The van der Waals surface area contributed by atoms with Crippen molar-refractivity contribution in [3.8, 4) is 11.8 Å². The molecule has 1 aromatic carbocycles. The topological polar surface area (TPSA) is 75.3 Å². The van der Waals surface area contributed by atoms with Crippen LogP contribution in [-0.2, 0) is 16.8 Å². The average Bonchev–Trinajstić information content (AvgIpc) is 3.26. The summed E-state index contributed by atoms with van der Waals surface area (Å²) in [7, 11) is 1.74. The number of aromatic nitrogens is 1. The van der Waals surface area contributed by atoms with E-state index in [2.05, 4.69) is 49.6 Å². The molecule has 0 aliphatic carbocycles. The number of benzene rings is 1. The number of hydrogen-bond acceptors (Lipinski definition) is 4. The molecule has 0 aliphatic heterocycles. The third-order valence-electron chi connectivity index (χ3n) is 7.04. The molecule has 0 saturated heterocycles. The highest BCUT2D eigenvalue weighted by molar-refractivity contribution is 5.93. The van der Waals surface area contributed by atoms with Crippen molar-refractivity contribution in [3.63, 3.8) is 0 Å². The molecule has 0 unspecified atom stereocenters. The minimum absolute atomic E-state index is 0.0554. The number of nitrogens with zero attached hydrogens (tertiary/aromatic N) is 3. The second-order valence-electron chi connectivity index (χ2n) is 10.2. The average molecular weight is 480 g/mol. The molecule has 35 heavy (non-hydrogen) atoms. The van der Waals surface area contributed by atoms with Gasteiger partial charge in [0.15, 0.2) is 5.78 Å². The lowest BCUT2D eigenvalue weighted by Crippen LogP contribution is -2.33. The Morgan fingerprint density at radius 1 is 1.09 bits per heavy atom. The first-order valence-corrected chi connectivity index (χ1v) is 12.6. The SMILES string of the molecule is CCn1c(C(=O)N(C)CCC#N)ccc1C(CC)(CC)c1ccc(OCC(=O)C(C)(C)C)c(C)c1. The van der Waals surface area contributed by atoms with Crippen LogP contribution in [0, 0.1) is 23.7 Å². The molecule has 0 radical (unpaired) electrons. The molecule has 6 nitrogen and oxygen atoms in total. The Labute approximate surface area is 210 Å². The van der Waals surface area contributed by atoms with Crippen LogP contribution in [0.2, 0.25) is 0 Å². The smallest absolute Gasteiger partial charge is 0.270 e. The van der Waals surface area contributed by atoms with Gasteiger partial charge < -0.3 is 14.2 Å². The number of amides is 1. The molecule has 6 heteroatoms. The van der Waals surface area contributed by atoms with Gasteiger partial charge in [-0.1, -0.05) is 46.8 Å². The summed E-state index contributed by atoms with van der Waals surface area (Å²) in [5, 5.41) is 8.89. The van der Waals surface area contributed by atoms with Crippen LogP contribution >= 0.6 is 0 Å². The number of ether oxygens (including phenoxy) is 1. The number of Topliss-reactive ketones (excluding diaryl/α,β-unsaturated/α-hetero) is 1. The molecule has 0 saturated carbocycles. The van der Waals surface area contributed by atoms with Crippen molar-refractivity contribution >= 4 is 11.7 Å².